The molecule has 0 amide bonds. The summed E-state index contributed by atoms with van der Waals surface area (Å²) in [7, 11) is 1.84. The normalized spacial score (nSPS) is 33.7. The van der Waals surface area contributed by atoms with Gasteiger partial charge in [0.1, 0.15) is 0 Å². The van der Waals surface area contributed by atoms with Gasteiger partial charge in [0.05, 0.1) is 35.2 Å². The van der Waals surface area contributed by atoms with Crippen LogP contribution in [0.15, 0.2) is 12.4 Å². The van der Waals surface area contributed by atoms with Crippen molar-refractivity contribution in [2.45, 2.75) is 56.3 Å². The monoisotopic (exact) mass is 337 g/mol. The lowest BCUT2D eigenvalue weighted by Crippen LogP contribution is -2.52. The van der Waals surface area contributed by atoms with E-state index in [0.29, 0.717) is 11.1 Å². The van der Waals surface area contributed by atoms with Crippen LogP contribution < -0.4 is 4.90 Å². The van der Waals surface area contributed by atoms with Gasteiger partial charge in [0.15, 0.2) is 0 Å². The molecule has 3 aliphatic rings. The molecule has 1 saturated heterocycles. The summed E-state index contributed by atoms with van der Waals surface area (Å²) in [6.45, 7) is 1.85. The van der Waals surface area contributed by atoms with E-state index in [2.05, 4.69) is 14.9 Å². The zero-order chi connectivity index (χ0) is 15.9. The van der Waals surface area contributed by atoms with E-state index in [4.69, 9.17) is 21.1 Å². The van der Waals surface area contributed by atoms with Crippen LogP contribution in [0.2, 0.25) is 5.02 Å². The Morgan fingerprint density at radius 2 is 2.04 bits per heavy atom. The zero-order valence-electron chi connectivity index (χ0n) is 13.6. The fraction of sp³-hybridized carbons (Fsp3) is 0.765. The summed E-state index contributed by atoms with van der Waals surface area (Å²) in [5.41, 5.74) is -0.0809. The molecule has 1 aromatic heterocycles. The van der Waals surface area contributed by atoms with Crippen LogP contribution >= 0.6 is 11.6 Å². The summed E-state index contributed by atoms with van der Waals surface area (Å²) in [5.74, 6) is 1.56. The number of aromatic nitrogens is 2. The number of hydrogen-bond acceptors (Lipinski definition) is 5. The van der Waals surface area contributed by atoms with E-state index >= 15 is 0 Å². The van der Waals surface area contributed by atoms with Crippen molar-refractivity contribution in [1.82, 2.24) is 9.97 Å². The minimum Gasteiger partial charge on any atom is -0.378 e. The minimum absolute atomic E-state index is 0.0809. The van der Waals surface area contributed by atoms with Gasteiger partial charge in [-0.15, -0.1) is 0 Å². The molecule has 0 bridgehead atoms. The van der Waals surface area contributed by atoms with Gasteiger partial charge < -0.3 is 14.4 Å². The van der Waals surface area contributed by atoms with Crippen LogP contribution in [0.1, 0.15) is 38.5 Å². The maximum Gasteiger partial charge on any atom is 0.225 e. The number of hydrogen-bond donors (Lipinski definition) is 0. The summed E-state index contributed by atoms with van der Waals surface area (Å²) in [6, 6.07) is 0.284. The van der Waals surface area contributed by atoms with Crippen LogP contribution in [0.25, 0.3) is 0 Å². The van der Waals surface area contributed by atoms with Crippen molar-refractivity contribution in [3.05, 3.63) is 17.4 Å². The Morgan fingerprint density at radius 3 is 2.74 bits per heavy atom. The van der Waals surface area contributed by atoms with E-state index in [9.17, 15) is 0 Å². The van der Waals surface area contributed by atoms with Gasteiger partial charge in [-0.2, -0.15) is 0 Å². The fourth-order valence-electron chi connectivity index (χ4n) is 4.06. The van der Waals surface area contributed by atoms with Crippen molar-refractivity contribution in [3.63, 3.8) is 0 Å². The summed E-state index contributed by atoms with van der Waals surface area (Å²) in [5, 5.41) is 0.570. The predicted molar refractivity (Wildman–Crippen MR) is 88.8 cm³/mol. The van der Waals surface area contributed by atoms with Gasteiger partial charge in [-0.05, 0) is 44.4 Å². The average molecular weight is 338 g/mol. The van der Waals surface area contributed by atoms with Crippen LogP contribution in [0.4, 0.5) is 5.95 Å². The van der Waals surface area contributed by atoms with Crippen molar-refractivity contribution in [2.24, 2.45) is 5.92 Å². The molecular weight excluding hydrogens is 314 g/mol. The van der Waals surface area contributed by atoms with E-state index in [1.807, 2.05) is 7.11 Å². The molecule has 0 N–H and O–H groups in total. The summed E-state index contributed by atoms with van der Waals surface area (Å²) in [4.78, 5) is 11.1. The highest BCUT2D eigenvalue weighted by Gasteiger charge is 2.52. The molecule has 3 fully saturated rings. The van der Waals surface area contributed by atoms with E-state index in [-0.39, 0.29) is 11.6 Å². The fourth-order valence-corrected chi connectivity index (χ4v) is 4.16. The van der Waals surface area contributed by atoms with Gasteiger partial charge in [0.2, 0.25) is 5.95 Å². The number of methoxy groups -OCH3 is 1. The lowest BCUT2D eigenvalue weighted by molar-refractivity contribution is -0.0817. The highest BCUT2D eigenvalue weighted by molar-refractivity contribution is 6.30. The molecule has 3 atom stereocenters. The lowest BCUT2D eigenvalue weighted by Gasteiger charge is -2.43. The highest BCUT2D eigenvalue weighted by atomic mass is 35.5. The van der Waals surface area contributed by atoms with Crippen LogP contribution in [0.3, 0.4) is 0 Å². The van der Waals surface area contributed by atoms with Crippen LogP contribution in [-0.2, 0) is 9.47 Å². The number of fused-ring (bicyclic) bond motifs is 1. The highest BCUT2D eigenvalue weighted by Crippen LogP contribution is 2.44. The smallest absolute Gasteiger partial charge is 0.225 e. The van der Waals surface area contributed by atoms with E-state index in [0.717, 1.165) is 50.7 Å². The Balaban J connectivity index is 1.50. The van der Waals surface area contributed by atoms with Crippen molar-refractivity contribution in [3.8, 4) is 0 Å². The molecule has 23 heavy (non-hydrogen) atoms. The topological polar surface area (TPSA) is 47.5 Å². The number of nitrogens with zero attached hydrogens (tertiary/aromatic N) is 3. The van der Waals surface area contributed by atoms with E-state index < -0.39 is 0 Å². The van der Waals surface area contributed by atoms with Crippen molar-refractivity contribution < 1.29 is 9.47 Å². The third-order valence-corrected chi connectivity index (χ3v) is 5.86. The second-order valence-electron chi connectivity index (χ2n) is 7.10. The molecule has 0 unspecified atom stereocenters. The molecule has 2 saturated carbocycles. The lowest BCUT2D eigenvalue weighted by atomic mass is 9.79. The Morgan fingerprint density at radius 1 is 1.26 bits per heavy atom. The first-order valence-electron chi connectivity index (χ1n) is 8.61. The van der Waals surface area contributed by atoms with Crippen LogP contribution in [0.5, 0.6) is 0 Å². The molecule has 0 aromatic carbocycles. The summed E-state index contributed by atoms with van der Waals surface area (Å²) >= 11 is 5.92. The standard InChI is InChI=1S/C17H24ClN3O2/c1-22-17-5-4-14(23-11-12-2-3-12)8-15(17)21(7-6-17)16-19-9-13(18)10-20-16/h9-10,12,14-15H,2-8,11H2,1H3/t14-,15+,17-/m1/s1. The van der Waals surface area contributed by atoms with Gasteiger partial charge in [-0.3, -0.25) is 0 Å². The van der Waals surface area contributed by atoms with Gasteiger partial charge in [-0.1, -0.05) is 11.6 Å². The molecule has 1 aromatic rings. The molecule has 5 nitrogen and oxygen atoms in total. The van der Waals surface area contributed by atoms with Gasteiger partial charge >= 0.3 is 0 Å². The third kappa shape index (κ3) is 3.06. The number of halogens is 1. The molecule has 126 valence electrons. The van der Waals surface area contributed by atoms with Crippen molar-refractivity contribution in [2.75, 3.05) is 25.2 Å². The number of ether oxygens (including phenoxy) is 2. The molecule has 1 aliphatic heterocycles. The van der Waals surface area contributed by atoms with Crippen molar-refractivity contribution >= 4 is 17.5 Å². The van der Waals surface area contributed by atoms with E-state index in [1.165, 1.54) is 12.8 Å². The summed E-state index contributed by atoms with van der Waals surface area (Å²) < 4.78 is 12.1. The molecule has 0 spiro atoms. The van der Waals surface area contributed by atoms with Crippen LogP contribution in [-0.4, -0.2) is 48.0 Å². The van der Waals surface area contributed by atoms with Crippen LogP contribution in [0, 0.1) is 5.92 Å². The first kappa shape index (κ1) is 15.6. The minimum atomic E-state index is -0.0809. The van der Waals surface area contributed by atoms with Crippen molar-refractivity contribution in [1.29, 1.82) is 0 Å². The Hall–Kier alpha value is -0.910. The second kappa shape index (κ2) is 6.19. The van der Waals surface area contributed by atoms with Gasteiger partial charge in [0.25, 0.3) is 0 Å². The maximum atomic E-state index is 6.16. The first-order valence-corrected chi connectivity index (χ1v) is 8.99. The summed E-state index contributed by atoms with van der Waals surface area (Å²) in [6.07, 6.45) is 10.5. The largest absolute Gasteiger partial charge is 0.378 e. The molecule has 0 radical (unpaired) electrons. The quantitative estimate of drug-likeness (QED) is 0.826. The molecule has 2 heterocycles. The SMILES string of the molecule is CO[C@@]12CC[C@@H](OCC3CC3)C[C@@H]1N(c1ncc(Cl)cn1)CC2. The molecular formula is C17H24ClN3O2. The molecule has 6 heteroatoms. The predicted octanol–water partition coefficient (Wildman–Crippen LogP) is 3.07. The molecule has 4 rings (SSSR count). The zero-order valence-corrected chi connectivity index (χ0v) is 14.3. The Kier molecular flexibility index (Phi) is 4.20. The van der Waals surface area contributed by atoms with Gasteiger partial charge in [0, 0.05) is 20.3 Å². The first-order chi connectivity index (χ1) is 11.2. The third-order valence-electron chi connectivity index (χ3n) is 5.67. The number of rotatable bonds is 5. The molecule has 2 aliphatic carbocycles. The Bertz CT molecular complexity index is 551. The maximum absolute atomic E-state index is 6.16. The second-order valence-corrected chi connectivity index (χ2v) is 7.54. The van der Waals surface area contributed by atoms with Gasteiger partial charge in [-0.25, -0.2) is 9.97 Å². The number of anilines is 1. The van der Waals surface area contributed by atoms with E-state index in [1.54, 1.807) is 12.4 Å². The average Bonchev–Trinajstić information content (AvgIpc) is 3.33. The Labute approximate surface area is 142 Å².